The molecule has 0 atom stereocenters. The largest absolute Gasteiger partial charge is 0.375 e. The van der Waals surface area contributed by atoms with Crippen LogP contribution < -0.4 is 10.6 Å². The fourth-order valence-corrected chi connectivity index (χ4v) is 2.20. The second-order valence-electron chi connectivity index (χ2n) is 4.39. The summed E-state index contributed by atoms with van der Waals surface area (Å²) < 4.78 is 0.906. The monoisotopic (exact) mass is 352 g/mol. The minimum atomic E-state index is -0.120. The van der Waals surface area contributed by atoms with E-state index in [0.717, 1.165) is 21.4 Å². The first kappa shape index (κ1) is 14.9. The van der Waals surface area contributed by atoms with Crippen LogP contribution in [0, 0.1) is 6.92 Å². The maximum absolute atomic E-state index is 11.8. The summed E-state index contributed by atoms with van der Waals surface area (Å²) >= 11 is 9.41. The number of carbonyl (C=O) groups is 1. The summed E-state index contributed by atoms with van der Waals surface area (Å²) in [6.45, 7) is 2.16. The molecule has 0 aromatic heterocycles. The molecule has 0 fully saturated rings. The van der Waals surface area contributed by atoms with Crippen LogP contribution in [0.25, 0.3) is 0 Å². The van der Waals surface area contributed by atoms with Gasteiger partial charge in [0, 0.05) is 10.2 Å². The molecule has 0 aliphatic carbocycles. The highest BCUT2D eigenvalue weighted by Gasteiger charge is 2.05. The van der Waals surface area contributed by atoms with Crippen LogP contribution in [0.2, 0.25) is 5.02 Å². The quantitative estimate of drug-likeness (QED) is 0.852. The van der Waals surface area contributed by atoms with E-state index in [4.69, 9.17) is 11.6 Å². The van der Waals surface area contributed by atoms with E-state index in [-0.39, 0.29) is 12.5 Å². The third-order valence-corrected chi connectivity index (χ3v) is 3.53. The highest BCUT2D eigenvalue weighted by molar-refractivity contribution is 9.10. The molecule has 0 aliphatic heterocycles. The average molecular weight is 354 g/mol. The fraction of sp³-hybridized carbons (Fsp3) is 0.133. The minimum Gasteiger partial charge on any atom is -0.375 e. The predicted octanol–water partition coefficient (Wildman–Crippen LogP) is 4.46. The molecule has 0 radical (unpaired) electrons. The Labute approximate surface area is 131 Å². The number of anilines is 2. The van der Waals surface area contributed by atoms with Gasteiger partial charge in [-0.15, -0.1) is 0 Å². The summed E-state index contributed by atoms with van der Waals surface area (Å²) in [6, 6.07) is 13.1. The van der Waals surface area contributed by atoms with Crippen molar-refractivity contribution < 1.29 is 4.79 Å². The highest BCUT2D eigenvalue weighted by Crippen LogP contribution is 2.25. The maximum Gasteiger partial charge on any atom is 0.243 e. The van der Waals surface area contributed by atoms with Crippen LogP contribution in [0.4, 0.5) is 11.4 Å². The van der Waals surface area contributed by atoms with Crippen LogP contribution in [0.3, 0.4) is 0 Å². The molecule has 20 heavy (non-hydrogen) atoms. The molecule has 2 aromatic rings. The molecule has 0 spiro atoms. The number of nitrogens with one attached hydrogen (secondary N) is 2. The maximum atomic E-state index is 11.8. The van der Waals surface area contributed by atoms with Gasteiger partial charge in [0.1, 0.15) is 0 Å². The summed E-state index contributed by atoms with van der Waals surface area (Å²) in [7, 11) is 0. The van der Waals surface area contributed by atoms with Crippen LogP contribution in [0.15, 0.2) is 46.9 Å². The second-order valence-corrected chi connectivity index (χ2v) is 5.71. The number of carbonyl (C=O) groups excluding carboxylic acids is 1. The molecule has 0 unspecified atom stereocenters. The van der Waals surface area contributed by atoms with Crippen molar-refractivity contribution in [1.82, 2.24) is 0 Å². The fourth-order valence-electron chi connectivity index (χ4n) is 1.65. The summed E-state index contributed by atoms with van der Waals surface area (Å²) in [5.41, 5.74) is 2.66. The Morgan fingerprint density at radius 3 is 2.60 bits per heavy atom. The average Bonchev–Trinajstić information content (AvgIpc) is 2.42. The molecule has 2 N–H and O–H groups in total. The van der Waals surface area contributed by atoms with Gasteiger partial charge in [-0.25, -0.2) is 0 Å². The number of hydrogen-bond acceptors (Lipinski definition) is 2. The first-order valence-electron chi connectivity index (χ1n) is 6.10. The van der Waals surface area contributed by atoms with E-state index < -0.39 is 0 Å². The zero-order valence-corrected chi connectivity index (χ0v) is 13.3. The van der Waals surface area contributed by atoms with Crippen molar-refractivity contribution in [3.63, 3.8) is 0 Å². The Bertz CT molecular complexity index is 614. The number of rotatable bonds is 4. The molecular formula is C15H14BrClN2O. The van der Waals surface area contributed by atoms with Gasteiger partial charge in [-0.05, 0) is 37.3 Å². The van der Waals surface area contributed by atoms with E-state index >= 15 is 0 Å². The van der Waals surface area contributed by atoms with Gasteiger partial charge >= 0.3 is 0 Å². The van der Waals surface area contributed by atoms with Crippen molar-refractivity contribution >= 4 is 44.8 Å². The number of hydrogen-bond donors (Lipinski definition) is 2. The topological polar surface area (TPSA) is 41.1 Å². The zero-order chi connectivity index (χ0) is 14.5. The Balaban J connectivity index is 1.92. The number of amides is 1. The lowest BCUT2D eigenvalue weighted by molar-refractivity contribution is -0.114. The first-order valence-corrected chi connectivity index (χ1v) is 7.27. The first-order chi connectivity index (χ1) is 9.54. The lowest BCUT2D eigenvalue weighted by Gasteiger charge is -2.09. The van der Waals surface area contributed by atoms with Crippen LogP contribution >= 0.6 is 27.5 Å². The van der Waals surface area contributed by atoms with Gasteiger partial charge < -0.3 is 10.6 Å². The Kier molecular flexibility index (Phi) is 5.04. The number of aryl methyl sites for hydroxylation is 1. The molecular weight excluding hydrogens is 340 g/mol. The van der Waals surface area contributed by atoms with E-state index in [0.29, 0.717) is 5.02 Å². The molecule has 5 heteroatoms. The molecule has 104 valence electrons. The molecule has 0 heterocycles. The molecule has 0 saturated carbocycles. The van der Waals surface area contributed by atoms with Crippen LogP contribution in [-0.2, 0) is 4.79 Å². The van der Waals surface area contributed by atoms with Crippen molar-refractivity contribution in [1.29, 1.82) is 0 Å². The van der Waals surface area contributed by atoms with Crippen molar-refractivity contribution in [3.05, 3.63) is 57.5 Å². The lowest BCUT2D eigenvalue weighted by atomic mass is 10.2. The molecule has 0 bridgehead atoms. The van der Waals surface area contributed by atoms with Gasteiger partial charge in [0.05, 0.1) is 17.3 Å². The van der Waals surface area contributed by atoms with Gasteiger partial charge in [0.2, 0.25) is 5.91 Å². The molecule has 0 saturated heterocycles. The number of halogens is 2. The molecule has 3 nitrogen and oxygen atoms in total. The van der Waals surface area contributed by atoms with E-state index in [1.165, 1.54) is 0 Å². The van der Waals surface area contributed by atoms with Gasteiger partial charge in [-0.3, -0.25) is 4.79 Å². The molecule has 1 amide bonds. The van der Waals surface area contributed by atoms with E-state index in [1.54, 1.807) is 6.07 Å². The predicted molar refractivity (Wildman–Crippen MR) is 87.5 cm³/mol. The Morgan fingerprint density at radius 1 is 1.20 bits per heavy atom. The van der Waals surface area contributed by atoms with Crippen LogP contribution in [0.5, 0.6) is 0 Å². The Morgan fingerprint density at radius 2 is 1.90 bits per heavy atom. The van der Waals surface area contributed by atoms with Gasteiger partial charge in [0.25, 0.3) is 0 Å². The molecule has 2 aromatic carbocycles. The van der Waals surface area contributed by atoms with E-state index in [9.17, 15) is 4.79 Å². The molecule has 0 aliphatic rings. The second kappa shape index (κ2) is 6.77. The van der Waals surface area contributed by atoms with Crippen molar-refractivity contribution in [2.75, 3.05) is 17.2 Å². The van der Waals surface area contributed by atoms with Crippen molar-refractivity contribution in [2.24, 2.45) is 0 Å². The zero-order valence-electron chi connectivity index (χ0n) is 10.9. The summed E-state index contributed by atoms with van der Waals surface area (Å²) in [6.07, 6.45) is 0. The summed E-state index contributed by atoms with van der Waals surface area (Å²) in [5, 5.41) is 6.41. The van der Waals surface area contributed by atoms with Crippen LogP contribution in [0.1, 0.15) is 5.56 Å². The Hall–Kier alpha value is -1.52. The standard InChI is InChI=1S/C15H14BrClN2O/c1-10-2-5-12(6-3-10)19-15(20)9-18-14-8-11(16)4-7-13(14)17/h2-8,18H,9H2,1H3,(H,19,20). The van der Waals surface area contributed by atoms with Gasteiger partial charge in [-0.2, -0.15) is 0 Å². The van der Waals surface area contributed by atoms with E-state index in [2.05, 4.69) is 26.6 Å². The van der Waals surface area contributed by atoms with Gasteiger partial charge in [0.15, 0.2) is 0 Å². The highest BCUT2D eigenvalue weighted by atomic mass is 79.9. The number of benzene rings is 2. The third-order valence-electron chi connectivity index (χ3n) is 2.70. The SMILES string of the molecule is Cc1ccc(NC(=O)CNc2cc(Br)ccc2Cl)cc1. The normalized spacial score (nSPS) is 10.2. The van der Waals surface area contributed by atoms with Crippen molar-refractivity contribution in [3.8, 4) is 0 Å². The summed E-state index contributed by atoms with van der Waals surface area (Å²) in [4.78, 5) is 11.8. The smallest absolute Gasteiger partial charge is 0.243 e. The lowest BCUT2D eigenvalue weighted by Crippen LogP contribution is -2.21. The van der Waals surface area contributed by atoms with Crippen molar-refractivity contribution in [2.45, 2.75) is 6.92 Å². The van der Waals surface area contributed by atoms with Crippen LogP contribution in [-0.4, -0.2) is 12.5 Å². The van der Waals surface area contributed by atoms with Gasteiger partial charge in [-0.1, -0.05) is 45.2 Å². The summed E-state index contributed by atoms with van der Waals surface area (Å²) in [5.74, 6) is -0.120. The third kappa shape index (κ3) is 4.25. The van der Waals surface area contributed by atoms with E-state index in [1.807, 2.05) is 43.3 Å². The molecule has 2 rings (SSSR count). The minimum absolute atomic E-state index is 0.120.